The van der Waals surface area contributed by atoms with Gasteiger partial charge in [0.15, 0.2) is 0 Å². The summed E-state index contributed by atoms with van der Waals surface area (Å²) in [6, 6.07) is 12.7. The van der Waals surface area contributed by atoms with Gasteiger partial charge in [-0.2, -0.15) is 0 Å². The number of hydrogen-bond donors (Lipinski definition) is 0. The van der Waals surface area contributed by atoms with Crippen molar-refractivity contribution >= 4 is 15.9 Å². The SMILES string of the molecule is BrCCC1CC2CCC(C1)N2Cc1ccccc1. The fraction of sp³-hybridized carbons (Fsp3) is 0.625. The monoisotopic (exact) mass is 307 g/mol. The molecule has 2 unspecified atom stereocenters. The predicted octanol–water partition coefficient (Wildman–Crippen LogP) is 4.21. The van der Waals surface area contributed by atoms with Crippen LogP contribution in [0.4, 0.5) is 0 Å². The third-order valence-corrected chi connectivity index (χ3v) is 5.17. The first-order chi connectivity index (χ1) is 8.86. The Balaban J connectivity index is 1.65. The zero-order valence-electron chi connectivity index (χ0n) is 10.9. The van der Waals surface area contributed by atoms with Crippen LogP contribution in [0.5, 0.6) is 0 Å². The van der Waals surface area contributed by atoms with Crippen molar-refractivity contribution in [1.29, 1.82) is 0 Å². The van der Waals surface area contributed by atoms with E-state index in [1.54, 1.807) is 0 Å². The Kier molecular flexibility index (Phi) is 4.05. The van der Waals surface area contributed by atoms with E-state index in [9.17, 15) is 0 Å². The van der Waals surface area contributed by atoms with Gasteiger partial charge in [-0.1, -0.05) is 46.3 Å². The van der Waals surface area contributed by atoms with E-state index in [0.717, 1.165) is 24.5 Å². The first-order valence-corrected chi connectivity index (χ1v) is 8.34. The average Bonchev–Trinajstić information content (AvgIpc) is 2.63. The molecule has 2 bridgehead atoms. The Hall–Kier alpha value is -0.340. The molecule has 1 nitrogen and oxygen atoms in total. The van der Waals surface area contributed by atoms with Crippen LogP contribution in [0.3, 0.4) is 0 Å². The molecule has 0 amide bonds. The van der Waals surface area contributed by atoms with E-state index in [1.807, 2.05) is 0 Å². The minimum atomic E-state index is 0.855. The van der Waals surface area contributed by atoms with E-state index in [1.165, 1.54) is 43.0 Å². The topological polar surface area (TPSA) is 3.24 Å². The zero-order chi connectivity index (χ0) is 12.4. The highest BCUT2D eigenvalue weighted by Crippen LogP contribution is 2.40. The van der Waals surface area contributed by atoms with Gasteiger partial charge in [0.25, 0.3) is 0 Å². The van der Waals surface area contributed by atoms with Crippen LogP contribution in [-0.4, -0.2) is 22.3 Å². The maximum atomic E-state index is 3.60. The van der Waals surface area contributed by atoms with Crippen LogP contribution in [-0.2, 0) is 6.54 Å². The van der Waals surface area contributed by atoms with Gasteiger partial charge in [-0.05, 0) is 43.6 Å². The molecule has 2 atom stereocenters. The third kappa shape index (κ3) is 2.65. The van der Waals surface area contributed by atoms with Crippen molar-refractivity contribution in [2.45, 2.75) is 50.7 Å². The molecule has 0 radical (unpaired) electrons. The van der Waals surface area contributed by atoms with Crippen LogP contribution in [0.15, 0.2) is 30.3 Å². The van der Waals surface area contributed by atoms with E-state index in [2.05, 4.69) is 51.2 Å². The van der Waals surface area contributed by atoms with Gasteiger partial charge >= 0.3 is 0 Å². The smallest absolute Gasteiger partial charge is 0.0239 e. The molecule has 0 aromatic heterocycles. The highest BCUT2D eigenvalue weighted by atomic mass is 79.9. The molecule has 18 heavy (non-hydrogen) atoms. The molecule has 3 rings (SSSR count). The fourth-order valence-electron chi connectivity index (χ4n) is 3.83. The fourth-order valence-corrected chi connectivity index (χ4v) is 4.48. The second kappa shape index (κ2) is 5.75. The van der Waals surface area contributed by atoms with Crippen molar-refractivity contribution in [2.75, 3.05) is 5.33 Å². The largest absolute Gasteiger partial charge is 0.293 e. The molecule has 98 valence electrons. The Labute approximate surface area is 119 Å². The van der Waals surface area contributed by atoms with Gasteiger partial charge < -0.3 is 0 Å². The van der Waals surface area contributed by atoms with Gasteiger partial charge in [-0.3, -0.25) is 4.90 Å². The van der Waals surface area contributed by atoms with E-state index in [-0.39, 0.29) is 0 Å². The molecule has 2 aliphatic heterocycles. The molecule has 0 saturated carbocycles. The Bertz CT molecular complexity index is 364. The van der Waals surface area contributed by atoms with Gasteiger partial charge in [-0.15, -0.1) is 0 Å². The molecule has 1 aromatic carbocycles. The summed E-state index contributed by atoms with van der Waals surface area (Å²) in [6.07, 6.45) is 7.07. The summed E-state index contributed by atoms with van der Waals surface area (Å²) in [5, 5.41) is 1.18. The van der Waals surface area contributed by atoms with Crippen molar-refractivity contribution in [1.82, 2.24) is 4.90 Å². The summed E-state index contributed by atoms with van der Waals surface area (Å²) < 4.78 is 0. The molecule has 0 N–H and O–H groups in total. The molecule has 2 fully saturated rings. The molecule has 0 aliphatic carbocycles. The summed E-state index contributed by atoms with van der Waals surface area (Å²) in [6.45, 7) is 1.16. The van der Waals surface area contributed by atoms with E-state index in [4.69, 9.17) is 0 Å². The lowest BCUT2D eigenvalue weighted by Crippen LogP contribution is -2.42. The number of nitrogens with zero attached hydrogens (tertiary/aromatic N) is 1. The lowest BCUT2D eigenvalue weighted by atomic mass is 9.88. The van der Waals surface area contributed by atoms with Crippen LogP contribution < -0.4 is 0 Å². The van der Waals surface area contributed by atoms with Crippen LogP contribution >= 0.6 is 15.9 Å². The van der Waals surface area contributed by atoms with Crippen LogP contribution in [0, 0.1) is 5.92 Å². The number of benzene rings is 1. The first kappa shape index (κ1) is 12.7. The highest BCUT2D eigenvalue weighted by Gasteiger charge is 2.39. The summed E-state index contributed by atoms with van der Waals surface area (Å²) in [7, 11) is 0. The van der Waals surface area contributed by atoms with Crippen LogP contribution in [0.2, 0.25) is 0 Å². The zero-order valence-corrected chi connectivity index (χ0v) is 12.5. The predicted molar refractivity (Wildman–Crippen MR) is 79.9 cm³/mol. The molecule has 0 spiro atoms. The maximum absolute atomic E-state index is 3.60. The summed E-state index contributed by atoms with van der Waals surface area (Å²) in [4.78, 5) is 2.78. The normalized spacial score (nSPS) is 31.7. The Morgan fingerprint density at radius 2 is 1.72 bits per heavy atom. The van der Waals surface area contributed by atoms with Crippen LogP contribution in [0.25, 0.3) is 0 Å². The first-order valence-electron chi connectivity index (χ1n) is 7.22. The summed E-state index contributed by atoms with van der Waals surface area (Å²) >= 11 is 3.60. The number of fused-ring (bicyclic) bond motifs is 2. The van der Waals surface area contributed by atoms with Crippen molar-refractivity contribution in [2.24, 2.45) is 5.92 Å². The van der Waals surface area contributed by atoms with Crippen molar-refractivity contribution in [3.05, 3.63) is 35.9 Å². The van der Waals surface area contributed by atoms with E-state index in [0.29, 0.717) is 0 Å². The lowest BCUT2D eigenvalue weighted by molar-refractivity contribution is 0.0952. The second-order valence-corrected chi connectivity index (χ2v) is 6.65. The molecular formula is C16H22BrN. The highest BCUT2D eigenvalue weighted by molar-refractivity contribution is 9.09. The standard InChI is InChI=1S/C16H22BrN/c17-9-8-14-10-15-6-7-16(11-14)18(15)12-13-4-2-1-3-5-13/h1-5,14-16H,6-12H2. The second-order valence-electron chi connectivity index (χ2n) is 5.86. The number of rotatable bonds is 4. The molecule has 2 aliphatic rings. The number of hydrogen-bond acceptors (Lipinski definition) is 1. The van der Waals surface area contributed by atoms with E-state index >= 15 is 0 Å². The van der Waals surface area contributed by atoms with Gasteiger partial charge in [0.05, 0.1) is 0 Å². The minimum absolute atomic E-state index is 0.855. The van der Waals surface area contributed by atoms with Gasteiger partial charge in [0.2, 0.25) is 0 Å². The molecule has 2 heteroatoms. The van der Waals surface area contributed by atoms with E-state index < -0.39 is 0 Å². The van der Waals surface area contributed by atoms with Crippen molar-refractivity contribution in [3.63, 3.8) is 0 Å². The Morgan fingerprint density at radius 1 is 1.06 bits per heavy atom. The minimum Gasteiger partial charge on any atom is -0.293 e. The molecular weight excluding hydrogens is 286 g/mol. The quantitative estimate of drug-likeness (QED) is 0.753. The number of halogens is 1. The third-order valence-electron chi connectivity index (χ3n) is 4.71. The summed E-state index contributed by atoms with van der Waals surface area (Å²) in [5.74, 6) is 0.967. The van der Waals surface area contributed by atoms with Gasteiger partial charge in [0.1, 0.15) is 0 Å². The number of alkyl halides is 1. The Morgan fingerprint density at radius 3 is 2.33 bits per heavy atom. The van der Waals surface area contributed by atoms with Gasteiger partial charge in [0, 0.05) is 24.0 Å². The molecule has 2 saturated heterocycles. The lowest BCUT2D eigenvalue weighted by Gasteiger charge is -2.39. The molecule has 2 heterocycles. The molecule has 1 aromatic rings. The van der Waals surface area contributed by atoms with Crippen molar-refractivity contribution in [3.8, 4) is 0 Å². The van der Waals surface area contributed by atoms with Gasteiger partial charge in [-0.25, -0.2) is 0 Å². The summed E-state index contributed by atoms with van der Waals surface area (Å²) in [5.41, 5.74) is 1.48. The van der Waals surface area contributed by atoms with Crippen LogP contribution in [0.1, 0.15) is 37.7 Å². The number of piperidine rings is 1. The maximum Gasteiger partial charge on any atom is 0.0239 e. The van der Waals surface area contributed by atoms with Crippen molar-refractivity contribution < 1.29 is 0 Å². The average molecular weight is 308 g/mol.